The van der Waals surface area contributed by atoms with Crippen molar-refractivity contribution < 1.29 is 8.78 Å². The quantitative estimate of drug-likeness (QED) is 0.762. The molecule has 0 N–H and O–H groups in total. The highest BCUT2D eigenvalue weighted by atomic mass is 79.9. The summed E-state index contributed by atoms with van der Waals surface area (Å²) in [5.41, 5.74) is 2.00. The molecule has 5 heteroatoms. The topological polar surface area (TPSA) is 17.8 Å². The third-order valence-electron chi connectivity index (χ3n) is 3.05. The van der Waals surface area contributed by atoms with Crippen LogP contribution >= 0.6 is 15.9 Å². The van der Waals surface area contributed by atoms with Crippen LogP contribution in [0.25, 0.3) is 11.3 Å². The van der Waals surface area contributed by atoms with E-state index in [0.29, 0.717) is 5.69 Å². The molecule has 0 unspecified atom stereocenters. The Bertz CT molecular complexity index is 591. The lowest BCUT2D eigenvalue weighted by molar-refractivity contribution is 0.152. The monoisotopic (exact) mass is 328 g/mol. The van der Waals surface area contributed by atoms with Gasteiger partial charge < -0.3 is 0 Å². The zero-order valence-electron chi connectivity index (χ0n) is 11.0. The summed E-state index contributed by atoms with van der Waals surface area (Å²) < 4.78 is 28.8. The highest BCUT2D eigenvalue weighted by Gasteiger charge is 2.21. The molecule has 0 radical (unpaired) electrons. The Morgan fingerprint density at radius 2 is 1.95 bits per heavy atom. The van der Waals surface area contributed by atoms with Gasteiger partial charge in [0.25, 0.3) is 6.43 Å². The molecule has 2 aromatic rings. The Hall–Kier alpha value is -1.23. The van der Waals surface area contributed by atoms with Crippen LogP contribution in [0.2, 0.25) is 0 Å². The number of halogens is 3. The van der Waals surface area contributed by atoms with Gasteiger partial charge in [-0.3, -0.25) is 4.68 Å². The van der Waals surface area contributed by atoms with E-state index in [-0.39, 0.29) is 11.6 Å². The molecule has 2 rings (SSSR count). The van der Waals surface area contributed by atoms with Gasteiger partial charge in [0.2, 0.25) is 0 Å². The van der Waals surface area contributed by atoms with Crippen molar-refractivity contribution in [3.05, 3.63) is 40.0 Å². The van der Waals surface area contributed by atoms with E-state index >= 15 is 0 Å². The minimum Gasteiger partial charge on any atom is -0.269 e. The van der Waals surface area contributed by atoms with Gasteiger partial charge in [-0.1, -0.05) is 28.1 Å². The fraction of sp³-hybridized carbons (Fsp3) is 0.357. The maximum atomic E-state index is 13.2. The van der Waals surface area contributed by atoms with E-state index in [1.54, 1.807) is 4.68 Å². The van der Waals surface area contributed by atoms with Crippen molar-refractivity contribution in [1.29, 1.82) is 0 Å². The normalized spacial score (nSPS) is 11.6. The molecule has 2 nitrogen and oxygen atoms in total. The minimum absolute atomic E-state index is 0.0186. The van der Waals surface area contributed by atoms with Crippen LogP contribution in [0.5, 0.6) is 0 Å². The average molecular weight is 329 g/mol. The molecule has 0 spiro atoms. The van der Waals surface area contributed by atoms with Gasteiger partial charge >= 0.3 is 0 Å². The molecule has 0 saturated carbocycles. The standard InChI is InChI=1S/C14H15BrF2N2/c1-8(2)19-7-11(14(16)17)13(18-19)10-5-4-6-12(15)9(10)3/h4-8,14H,1-3H3. The molecule has 0 fully saturated rings. The van der Waals surface area contributed by atoms with E-state index in [0.717, 1.165) is 15.6 Å². The molecule has 0 amide bonds. The van der Waals surface area contributed by atoms with Gasteiger partial charge in [0.1, 0.15) is 5.69 Å². The van der Waals surface area contributed by atoms with E-state index < -0.39 is 6.43 Å². The number of rotatable bonds is 3. The highest BCUT2D eigenvalue weighted by molar-refractivity contribution is 9.10. The Morgan fingerprint density at radius 1 is 1.26 bits per heavy atom. The SMILES string of the molecule is Cc1c(Br)cccc1-c1nn(C(C)C)cc1C(F)F. The van der Waals surface area contributed by atoms with Gasteiger partial charge in [-0.15, -0.1) is 0 Å². The summed E-state index contributed by atoms with van der Waals surface area (Å²) in [5.74, 6) is 0. The third-order valence-corrected chi connectivity index (χ3v) is 3.91. The van der Waals surface area contributed by atoms with Crippen molar-refractivity contribution in [2.75, 3.05) is 0 Å². The lowest BCUT2D eigenvalue weighted by Gasteiger charge is -2.07. The first kappa shape index (κ1) is 14.2. The Balaban J connectivity index is 2.63. The van der Waals surface area contributed by atoms with Gasteiger partial charge in [0.05, 0.1) is 5.56 Å². The molecule has 0 aliphatic carbocycles. The van der Waals surface area contributed by atoms with Crippen LogP contribution < -0.4 is 0 Å². The molecule has 0 atom stereocenters. The van der Waals surface area contributed by atoms with Crippen molar-refractivity contribution in [1.82, 2.24) is 9.78 Å². The second kappa shape index (κ2) is 5.41. The molecule has 1 heterocycles. The number of benzene rings is 1. The van der Waals surface area contributed by atoms with Gasteiger partial charge in [-0.2, -0.15) is 5.10 Å². The second-order valence-electron chi connectivity index (χ2n) is 4.72. The van der Waals surface area contributed by atoms with E-state index in [1.807, 2.05) is 39.0 Å². The van der Waals surface area contributed by atoms with E-state index in [4.69, 9.17) is 0 Å². The molecule has 0 saturated heterocycles. The summed E-state index contributed by atoms with van der Waals surface area (Å²) in [4.78, 5) is 0. The number of aromatic nitrogens is 2. The zero-order valence-corrected chi connectivity index (χ0v) is 12.6. The summed E-state index contributed by atoms with van der Waals surface area (Å²) in [6, 6.07) is 5.59. The Labute approximate surface area is 119 Å². The van der Waals surface area contributed by atoms with Gasteiger partial charge in [0, 0.05) is 22.3 Å². The first-order valence-corrected chi connectivity index (χ1v) is 6.83. The fourth-order valence-electron chi connectivity index (χ4n) is 1.90. The van der Waals surface area contributed by atoms with E-state index in [9.17, 15) is 8.78 Å². The van der Waals surface area contributed by atoms with Gasteiger partial charge in [-0.05, 0) is 32.4 Å². The molecule has 102 valence electrons. The van der Waals surface area contributed by atoms with Crippen molar-refractivity contribution >= 4 is 15.9 Å². The fourth-order valence-corrected chi connectivity index (χ4v) is 2.27. The van der Waals surface area contributed by atoms with Gasteiger partial charge in [-0.25, -0.2) is 8.78 Å². The van der Waals surface area contributed by atoms with Crippen molar-refractivity contribution in [3.8, 4) is 11.3 Å². The predicted molar refractivity (Wildman–Crippen MR) is 75.4 cm³/mol. The number of hydrogen-bond donors (Lipinski definition) is 0. The smallest absolute Gasteiger partial charge is 0.267 e. The highest BCUT2D eigenvalue weighted by Crippen LogP contribution is 2.34. The Kier molecular flexibility index (Phi) is 4.04. The number of alkyl halides is 2. The van der Waals surface area contributed by atoms with Crippen LogP contribution in [0.4, 0.5) is 8.78 Å². The number of nitrogens with zero attached hydrogens (tertiary/aromatic N) is 2. The summed E-state index contributed by atoms with van der Waals surface area (Å²) in [5, 5.41) is 4.32. The molecular weight excluding hydrogens is 314 g/mol. The van der Waals surface area contributed by atoms with Crippen molar-refractivity contribution in [2.45, 2.75) is 33.2 Å². The molecule has 0 aliphatic heterocycles. The Morgan fingerprint density at radius 3 is 2.53 bits per heavy atom. The summed E-state index contributed by atoms with van der Waals surface area (Å²) >= 11 is 3.42. The van der Waals surface area contributed by atoms with Crippen LogP contribution in [0.1, 0.15) is 37.4 Å². The first-order chi connectivity index (χ1) is 8.91. The van der Waals surface area contributed by atoms with Gasteiger partial charge in [0.15, 0.2) is 0 Å². The van der Waals surface area contributed by atoms with Crippen molar-refractivity contribution in [2.24, 2.45) is 0 Å². The molecule has 1 aromatic carbocycles. The van der Waals surface area contributed by atoms with E-state index in [1.165, 1.54) is 6.20 Å². The van der Waals surface area contributed by atoms with Crippen LogP contribution in [0.3, 0.4) is 0 Å². The molecule has 19 heavy (non-hydrogen) atoms. The maximum Gasteiger partial charge on any atom is 0.267 e. The van der Waals surface area contributed by atoms with Crippen LogP contribution in [-0.4, -0.2) is 9.78 Å². The zero-order chi connectivity index (χ0) is 14.2. The minimum atomic E-state index is -2.53. The summed E-state index contributed by atoms with van der Waals surface area (Å²) in [6.45, 7) is 5.72. The summed E-state index contributed by atoms with van der Waals surface area (Å²) in [7, 11) is 0. The lowest BCUT2D eigenvalue weighted by Crippen LogP contribution is -2.01. The average Bonchev–Trinajstić information content (AvgIpc) is 2.77. The first-order valence-electron chi connectivity index (χ1n) is 6.04. The maximum absolute atomic E-state index is 13.2. The molecule has 1 aromatic heterocycles. The molecule has 0 aliphatic rings. The number of hydrogen-bond acceptors (Lipinski definition) is 1. The van der Waals surface area contributed by atoms with Crippen LogP contribution in [-0.2, 0) is 0 Å². The molecule has 0 bridgehead atoms. The largest absolute Gasteiger partial charge is 0.269 e. The third kappa shape index (κ3) is 2.71. The second-order valence-corrected chi connectivity index (χ2v) is 5.57. The van der Waals surface area contributed by atoms with Crippen LogP contribution in [0.15, 0.2) is 28.9 Å². The van der Waals surface area contributed by atoms with Crippen LogP contribution in [0, 0.1) is 6.92 Å². The molecular formula is C14H15BrF2N2. The van der Waals surface area contributed by atoms with Crippen molar-refractivity contribution in [3.63, 3.8) is 0 Å². The summed E-state index contributed by atoms with van der Waals surface area (Å²) in [6.07, 6.45) is -1.09. The lowest BCUT2D eigenvalue weighted by atomic mass is 10.0. The van der Waals surface area contributed by atoms with E-state index in [2.05, 4.69) is 21.0 Å². The predicted octanol–water partition coefficient (Wildman–Crippen LogP) is 5.14.